The highest BCUT2D eigenvalue weighted by molar-refractivity contribution is 5.97. The highest BCUT2D eigenvalue weighted by atomic mass is 19.1. The Hall–Kier alpha value is -2.76. The maximum atomic E-state index is 13.1. The average molecular weight is 339 g/mol. The van der Waals surface area contributed by atoms with E-state index >= 15 is 0 Å². The third kappa shape index (κ3) is 2.88. The molecule has 2 aromatic rings. The summed E-state index contributed by atoms with van der Waals surface area (Å²) in [5, 5.41) is 0. The lowest BCUT2D eigenvalue weighted by Crippen LogP contribution is -2.34. The van der Waals surface area contributed by atoms with E-state index in [0.717, 1.165) is 6.42 Å². The Labute approximate surface area is 145 Å². The second kappa shape index (κ2) is 5.95. The number of hydrogen-bond donors (Lipinski definition) is 0. The Kier molecular flexibility index (Phi) is 3.75. The number of hydrogen-bond acceptors (Lipinski definition) is 3. The number of nitrogens with zero attached hydrogens (tertiary/aromatic N) is 3. The van der Waals surface area contributed by atoms with Crippen molar-refractivity contribution in [3.63, 3.8) is 0 Å². The van der Waals surface area contributed by atoms with E-state index in [-0.39, 0.29) is 23.0 Å². The van der Waals surface area contributed by atoms with E-state index in [1.54, 1.807) is 46.5 Å². The molecular weight excluding hydrogens is 321 g/mol. The van der Waals surface area contributed by atoms with Gasteiger partial charge in [0, 0.05) is 49.6 Å². The summed E-state index contributed by atoms with van der Waals surface area (Å²) in [6.07, 6.45) is 4.42. The molecule has 1 atom stereocenters. The third-order valence-electron chi connectivity index (χ3n) is 5.09. The van der Waals surface area contributed by atoms with Gasteiger partial charge in [-0.25, -0.2) is 4.39 Å². The molecule has 0 aliphatic carbocycles. The van der Waals surface area contributed by atoms with Crippen LogP contribution in [0.1, 0.15) is 23.2 Å². The Bertz CT molecular complexity index is 809. The molecule has 3 heterocycles. The molecular formula is C19H18FN3O2. The zero-order valence-corrected chi connectivity index (χ0v) is 13.7. The lowest BCUT2D eigenvalue weighted by Gasteiger charge is -2.24. The molecule has 0 saturated carbocycles. The molecule has 1 aromatic heterocycles. The summed E-state index contributed by atoms with van der Waals surface area (Å²) in [5.41, 5.74) is 1.06. The minimum Gasteiger partial charge on any atom is -0.338 e. The Morgan fingerprint density at radius 1 is 1.16 bits per heavy atom. The molecule has 2 aliphatic rings. The molecule has 2 saturated heterocycles. The monoisotopic (exact) mass is 339 g/mol. The standard InChI is InChI=1S/C19H18FN3O2/c20-15-3-5-16(6-4-15)23-13-19(10-17(23)24)7-9-22(12-19)18(25)14-2-1-8-21-11-14/h1-6,8,11H,7,9-10,12-13H2. The molecule has 1 unspecified atom stereocenters. The van der Waals surface area contributed by atoms with Crippen LogP contribution in [0.4, 0.5) is 10.1 Å². The fourth-order valence-electron chi connectivity index (χ4n) is 3.81. The molecule has 5 nitrogen and oxygen atoms in total. The Morgan fingerprint density at radius 3 is 2.68 bits per heavy atom. The summed E-state index contributed by atoms with van der Waals surface area (Å²) in [5.74, 6) is -0.334. The van der Waals surface area contributed by atoms with E-state index in [0.29, 0.717) is 37.3 Å². The van der Waals surface area contributed by atoms with Crippen LogP contribution < -0.4 is 4.90 Å². The Balaban J connectivity index is 1.50. The normalized spacial score (nSPS) is 22.8. The molecule has 2 amide bonds. The predicted molar refractivity (Wildman–Crippen MR) is 90.6 cm³/mol. The summed E-state index contributed by atoms with van der Waals surface area (Å²) < 4.78 is 13.1. The average Bonchev–Trinajstić information content (AvgIpc) is 3.19. The van der Waals surface area contributed by atoms with Crippen molar-refractivity contribution < 1.29 is 14.0 Å². The van der Waals surface area contributed by atoms with Crippen LogP contribution in [0.3, 0.4) is 0 Å². The van der Waals surface area contributed by atoms with Gasteiger partial charge in [-0.15, -0.1) is 0 Å². The number of carbonyl (C=O) groups excluding carboxylic acids is 2. The van der Waals surface area contributed by atoms with Gasteiger partial charge in [-0.3, -0.25) is 14.6 Å². The molecule has 128 valence electrons. The molecule has 2 fully saturated rings. The van der Waals surface area contributed by atoms with Crippen LogP contribution in [0, 0.1) is 11.2 Å². The summed E-state index contributed by atoms with van der Waals surface area (Å²) in [7, 11) is 0. The van der Waals surface area contributed by atoms with Gasteiger partial charge in [0.25, 0.3) is 5.91 Å². The third-order valence-corrected chi connectivity index (χ3v) is 5.09. The van der Waals surface area contributed by atoms with Crippen molar-refractivity contribution >= 4 is 17.5 Å². The minimum absolute atomic E-state index is 0.0299. The zero-order valence-electron chi connectivity index (χ0n) is 13.7. The summed E-state index contributed by atoms with van der Waals surface area (Å²) in [6.45, 7) is 1.76. The van der Waals surface area contributed by atoms with E-state index in [9.17, 15) is 14.0 Å². The number of rotatable bonds is 2. The van der Waals surface area contributed by atoms with Gasteiger partial charge in [-0.1, -0.05) is 0 Å². The van der Waals surface area contributed by atoms with Gasteiger partial charge in [0.1, 0.15) is 5.82 Å². The zero-order chi connectivity index (χ0) is 17.4. The molecule has 0 radical (unpaired) electrons. The SMILES string of the molecule is O=C(c1cccnc1)N1CCC2(CC(=O)N(c3ccc(F)cc3)C2)C1. The predicted octanol–water partition coefficient (Wildman–Crippen LogP) is 2.49. The fourth-order valence-corrected chi connectivity index (χ4v) is 3.81. The van der Waals surface area contributed by atoms with Crippen molar-refractivity contribution in [2.75, 3.05) is 24.5 Å². The first-order valence-corrected chi connectivity index (χ1v) is 8.32. The highest BCUT2D eigenvalue weighted by Gasteiger charge is 2.48. The maximum absolute atomic E-state index is 13.1. The Morgan fingerprint density at radius 2 is 1.96 bits per heavy atom. The molecule has 4 rings (SSSR count). The van der Waals surface area contributed by atoms with Crippen LogP contribution in [-0.2, 0) is 4.79 Å². The van der Waals surface area contributed by atoms with Crippen LogP contribution in [0.15, 0.2) is 48.8 Å². The van der Waals surface area contributed by atoms with Crippen LogP contribution in [0.5, 0.6) is 0 Å². The molecule has 1 spiro atoms. The van der Waals surface area contributed by atoms with Crippen molar-refractivity contribution in [1.82, 2.24) is 9.88 Å². The summed E-state index contributed by atoms with van der Waals surface area (Å²) in [6, 6.07) is 9.47. The number of benzene rings is 1. The number of amides is 2. The van der Waals surface area contributed by atoms with E-state index in [4.69, 9.17) is 0 Å². The number of carbonyl (C=O) groups is 2. The smallest absolute Gasteiger partial charge is 0.255 e. The number of aromatic nitrogens is 1. The number of halogens is 1. The molecule has 1 aromatic carbocycles. The summed E-state index contributed by atoms with van der Waals surface area (Å²) >= 11 is 0. The van der Waals surface area contributed by atoms with Gasteiger partial charge in [0.05, 0.1) is 5.56 Å². The molecule has 0 bridgehead atoms. The second-order valence-electron chi connectivity index (χ2n) is 6.85. The van der Waals surface area contributed by atoms with Gasteiger partial charge < -0.3 is 9.80 Å². The topological polar surface area (TPSA) is 53.5 Å². The van der Waals surface area contributed by atoms with Gasteiger partial charge in [-0.2, -0.15) is 0 Å². The largest absolute Gasteiger partial charge is 0.338 e. The number of likely N-dealkylation sites (tertiary alicyclic amines) is 1. The van der Waals surface area contributed by atoms with Crippen LogP contribution in [0.2, 0.25) is 0 Å². The van der Waals surface area contributed by atoms with Crippen LogP contribution in [0.25, 0.3) is 0 Å². The first-order valence-electron chi connectivity index (χ1n) is 8.32. The lowest BCUT2D eigenvalue weighted by atomic mass is 9.86. The fraction of sp³-hybridized carbons (Fsp3) is 0.316. The minimum atomic E-state index is -0.320. The summed E-state index contributed by atoms with van der Waals surface area (Å²) in [4.78, 5) is 32.6. The quantitative estimate of drug-likeness (QED) is 0.845. The van der Waals surface area contributed by atoms with Crippen molar-refractivity contribution in [3.05, 3.63) is 60.2 Å². The lowest BCUT2D eigenvalue weighted by molar-refractivity contribution is -0.117. The molecule has 0 N–H and O–H groups in total. The molecule has 2 aliphatic heterocycles. The first-order chi connectivity index (χ1) is 12.1. The number of anilines is 1. The second-order valence-corrected chi connectivity index (χ2v) is 6.85. The van der Waals surface area contributed by atoms with Crippen LogP contribution in [-0.4, -0.2) is 41.3 Å². The van der Waals surface area contributed by atoms with E-state index in [1.807, 2.05) is 0 Å². The van der Waals surface area contributed by atoms with Gasteiger partial charge in [0.2, 0.25) is 5.91 Å². The van der Waals surface area contributed by atoms with Crippen LogP contribution >= 0.6 is 0 Å². The number of pyridine rings is 1. The van der Waals surface area contributed by atoms with E-state index in [2.05, 4.69) is 4.98 Å². The van der Waals surface area contributed by atoms with Crippen molar-refractivity contribution in [2.24, 2.45) is 5.41 Å². The molecule has 25 heavy (non-hydrogen) atoms. The van der Waals surface area contributed by atoms with Gasteiger partial charge in [-0.05, 0) is 42.8 Å². The van der Waals surface area contributed by atoms with Crippen molar-refractivity contribution in [1.29, 1.82) is 0 Å². The maximum Gasteiger partial charge on any atom is 0.255 e. The van der Waals surface area contributed by atoms with Crippen molar-refractivity contribution in [3.8, 4) is 0 Å². The molecule has 6 heteroatoms. The first kappa shape index (κ1) is 15.7. The highest BCUT2D eigenvalue weighted by Crippen LogP contribution is 2.42. The van der Waals surface area contributed by atoms with Gasteiger partial charge >= 0.3 is 0 Å². The van der Waals surface area contributed by atoms with Crippen molar-refractivity contribution in [2.45, 2.75) is 12.8 Å². The van der Waals surface area contributed by atoms with Gasteiger partial charge in [0.15, 0.2) is 0 Å². The van der Waals surface area contributed by atoms with E-state index in [1.165, 1.54) is 12.1 Å². The van der Waals surface area contributed by atoms with E-state index < -0.39 is 0 Å².